The Morgan fingerprint density at radius 1 is 1.36 bits per heavy atom. The maximum Gasteiger partial charge on any atom is 0.131 e. The number of aliphatic hydroxyl groups excluding tert-OH is 1. The first-order valence-corrected chi connectivity index (χ1v) is 7.42. The molecule has 0 aromatic heterocycles. The SMILES string of the molecule is CCC1=CC(C)(C)Oc2cc(OC)c(C(C)=C(F)CO)cc21. The zero-order chi connectivity index (χ0) is 16.5. The maximum atomic E-state index is 13.8. The normalized spacial score (nSPS) is 17.1. The number of hydrogen-bond acceptors (Lipinski definition) is 3. The Hall–Kier alpha value is -1.81. The zero-order valence-corrected chi connectivity index (χ0v) is 13.8. The molecule has 0 saturated carbocycles. The lowest BCUT2D eigenvalue weighted by atomic mass is 9.90. The molecule has 2 rings (SSSR count). The average Bonchev–Trinajstić information content (AvgIpc) is 2.50. The fourth-order valence-corrected chi connectivity index (χ4v) is 2.73. The van der Waals surface area contributed by atoms with Crippen LogP contribution in [0.4, 0.5) is 4.39 Å². The number of benzene rings is 1. The number of methoxy groups -OCH3 is 1. The van der Waals surface area contributed by atoms with Crippen LogP contribution >= 0.6 is 0 Å². The zero-order valence-electron chi connectivity index (χ0n) is 13.8. The van der Waals surface area contributed by atoms with Crippen LogP contribution in [-0.2, 0) is 0 Å². The van der Waals surface area contributed by atoms with Gasteiger partial charge < -0.3 is 14.6 Å². The molecule has 0 atom stereocenters. The molecular weight excluding hydrogens is 283 g/mol. The lowest BCUT2D eigenvalue weighted by Gasteiger charge is -2.32. The molecule has 1 aliphatic rings. The highest BCUT2D eigenvalue weighted by atomic mass is 19.1. The van der Waals surface area contributed by atoms with Gasteiger partial charge in [-0.2, -0.15) is 0 Å². The smallest absolute Gasteiger partial charge is 0.131 e. The molecule has 0 bridgehead atoms. The van der Waals surface area contributed by atoms with Gasteiger partial charge in [-0.1, -0.05) is 6.92 Å². The van der Waals surface area contributed by atoms with E-state index in [-0.39, 0.29) is 5.60 Å². The second-order valence-electron chi connectivity index (χ2n) is 5.97. The van der Waals surface area contributed by atoms with Crippen molar-refractivity contribution in [1.82, 2.24) is 0 Å². The van der Waals surface area contributed by atoms with Gasteiger partial charge in [0, 0.05) is 17.2 Å². The van der Waals surface area contributed by atoms with E-state index in [1.165, 1.54) is 0 Å². The number of rotatable bonds is 4. The molecule has 0 saturated heterocycles. The van der Waals surface area contributed by atoms with Crippen LogP contribution in [0.5, 0.6) is 11.5 Å². The quantitative estimate of drug-likeness (QED) is 0.898. The molecule has 0 amide bonds. The van der Waals surface area contributed by atoms with E-state index in [1.807, 2.05) is 19.9 Å². The molecule has 0 aliphatic carbocycles. The van der Waals surface area contributed by atoms with Crippen LogP contribution in [0.1, 0.15) is 45.2 Å². The summed E-state index contributed by atoms with van der Waals surface area (Å²) in [5.41, 5.74) is 2.74. The Morgan fingerprint density at radius 3 is 2.59 bits per heavy atom. The van der Waals surface area contributed by atoms with Crippen LogP contribution in [0.25, 0.3) is 11.1 Å². The van der Waals surface area contributed by atoms with Crippen molar-refractivity contribution in [3.8, 4) is 11.5 Å². The van der Waals surface area contributed by atoms with Gasteiger partial charge in [-0.25, -0.2) is 4.39 Å². The molecular formula is C18H23FO3. The third kappa shape index (κ3) is 3.02. The van der Waals surface area contributed by atoms with Gasteiger partial charge in [0.25, 0.3) is 0 Å². The fraction of sp³-hybridized carbons (Fsp3) is 0.444. The Bertz CT molecular complexity index is 642. The highest BCUT2D eigenvalue weighted by Gasteiger charge is 2.27. The van der Waals surface area contributed by atoms with E-state index in [1.54, 1.807) is 20.1 Å². The molecule has 0 fully saturated rings. The number of aliphatic hydroxyl groups is 1. The topological polar surface area (TPSA) is 38.7 Å². The molecule has 1 aliphatic heterocycles. The molecule has 0 radical (unpaired) electrons. The Kier molecular flexibility index (Phi) is 4.61. The fourth-order valence-electron chi connectivity index (χ4n) is 2.73. The lowest BCUT2D eigenvalue weighted by molar-refractivity contribution is 0.157. The first-order valence-electron chi connectivity index (χ1n) is 7.42. The summed E-state index contributed by atoms with van der Waals surface area (Å²) in [6.45, 7) is 7.11. The molecule has 1 N–H and O–H groups in total. The third-order valence-electron chi connectivity index (χ3n) is 3.87. The summed E-state index contributed by atoms with van der Waals surface area (Å²) < 4.78 is 25.2. The third-order valence-corrected chi connectivity index (χ3v) is 3.87. The Balaban J connectivity index is 2.67. The van der Waals surface area contributed by atoms with Gasteiger partial charge >= 0.3 is 0 Å². The van der Waals surface area contributed by atoms with E-state index in [0.717, 1.165) is 23.3 Å². The lowest BCUT2D eigenvalue weighted by Crippen LogP contribution is -2.29. The molecule has 0 spiro atoms. The monoisotopic (exact) mass is 306 g/mol. The minimum absolute atomic E-state index is 0.377. The Labute approximate surface area is 131 Å². The van der Waals surface area contributed by atoms with Crippen LogP contribution in [0.2, 0.25) is 0 Å². The van der Waals surface area contributed by atoms with E-state index in [9.17, 15) is 4.39 Å². The molecule has 1 aromatic carbocycles. The molecule has 22 heavy (non-hydrogen) atoms. The van der Waals surface area contributed by atoms with Crippen molar-refractivity contribution in [2.75, 3.05) is 13.7 Å². The van der Waals surface area contributed by atoms with Crippen molar-refractivity contribution in [2.45, 2.75) is 39.7 Å². The summed E-state index contributed by atoms with van der Waals surface area (Å²) in [5, 5.41) is 9.03. The minimum Gasteiger partial charge on any atom is -0.496 e. The standard InChI is InChI=1S/C18H23FO3/c1-6-12-9-18(3,4)22-17-8-16(21-5)13(7-14(12)17)11(2)15(19)10-20/h7-9,20H,6,10H2,1-5H3. The number of ether oxygens (including phenoxy) is 2. The summed E-state index contributed by atoms with van der Waals surface area (Å²) >= 11 is 0. The molecule has 0 unspecified atom stereocenters. The number of fused-ring (bicyclic) bond motifs is 1. The largest absolute Gasteiger partial charge is 0.496 e. The summed E-state index contributed by atoms with van der Waals surface area (Å²) in [6.07, 6.45) is 2.95. The van der Waals surface area contributed by atoms with E-state index in [0.29, 0.717) is 16.9 Å². The first-order chi connectivity index (χ1) is 10.3. The van der Waals surface area contributed by atoms with Gasteiger partial charge in [-0.3, -0.25) is 0 Å². The number of allylic oxidation sites excluding steroid dienone is 2. The Morgan fingerprint density at radius 2 is 2.05 bits per heavy atom. The van der Waals surface area contributed by atoms with Crippen LogP contribution in [0.3, 0.4) is 0 Å². The maximum absolute atomic E-state index is 13.8. The predicted octanol–water partition coefficient (Wildman–Crippen LogP) is 4.35. The van der Waals surface area contributed by atoms with Crippen molar-refractivity contribution in [3.63, 3.8) is 0 Å². The highest BCUT2D eigenvalue weighted by molar-refractivity contribution is 5.80. The van der Waals surface area contributed by atoms with Crippen molar-refractivity contribution < 1.29 is 19.0 Å². The van der Waals surface area contributed by atoms with E-state index in [2.05, 4.69) is 13.0 Å². The van der Waals surface area contributed by atoms with Crippen LogP contribution < -0.4 is 9.47 Å². The molecule has 1 heterocycles. The van der Waals surface area contributed by atoms with Gasteiger partial charge in [-0.15, -0.1) is 0 Å². The van der Waals surface area contributed by atoms with Gasteiger partial charge in [0.05, 0.1) is 13.7 Å². The first kappa shape index (κ1) is 16.6. The van der Waals surface area contributed by atoms with Gasteiger partial charge in [0.2, 0.25) is 0 Å². The van der Waals surface area contributed by atoms with E-state index in [4.69, 9.17) is 14.6 Å². The average molecular weight is 306 g/mol. The summed E-state index contributed by atoms with van der Waals surface area (Å²) in [6, 6.07) is 3.67. The molecule has 3 nitrogen and oxygen atoms in total. The summed E-state index contributed by atoms with van der Waals surface area (Å²) in [7, 11) is 1.54. The minimum atomic E-state index is -0.619. The van der Waals surface area contributed by atoms with Crippen LogP contribution in [0.15, 0.2) is 24.0 Å². The second-order valence-corrected chi connectivity index (χ2v) is 5.97. The number of hydrogen-bond donors (Lipinski definition) is 1. The highest BCUT2D eigenvalue weighted by Crippen LogP contribution is 2.43. The summed E-state index contributed by atoms with van der Waals surface area (Å²) in [5.74, 6) is 0.715. The van der Waals surface area contributed by atoms with Crippen molar-refractivity contribution in [3.05, 3.63) is 35.2 Å². The van der Waals surface area contributed by atoms with Crippen LogP contribution in [0, 0.1) is 0 Å². The molecule has 4 heteroatoms. The predicted molar refractivity (Wildman–Crippen MR) is 86.8 cm³/mol. The van der Waals surface area contributed by atoms with Crippen molar-refractivity contribution in [2.24, 2.45) is 0 Å². The van der Waals surface area contributed by atoms with Crippen LogP contribution in [-0.4, -0.2) is 24.4 Å². The molecule has 1 aromatic rings. The van der Waals surface area contributed by atoms with E-state index < -0.39 is 12.4 Å². The van der Waals surface area contributed by atoms with Crippen molar-refractivity contribution in [1.29, 1.82) is 0 Å². The molecule has 120 valence electrons. The van der Waals surface area contributed by atoms with Gasteiger partial charge in [0.1, 0.15) is 22.9 Å². The number of halogens is 1. The van der Waals surface area contributed by atoms with Gasteiger partial charge in [-0.05, 0) is 50.5 Å². The van der Waals surface area contributed by atoms with E-state index >= 15 is 0 Å². The second kappa shape index (κ2) is 6.13. The summed E-state index contributed by atoms with van der Waals surface area (Å²) in [4.78, 5) is 0. The van der Waals surface area contributed by atoms with Crippen molar-refractivity contribution >= 4 is 11.1 Å². The van der Waals surface area contributed by atoms with Gasteiger partial charge in [0.15, 0.2) is 0 Å².